The number of likely N-dealkylation sites (tertiary alicyclic amines) is 1. The molecule has 1 aromatic heterocycles. The standard InChI is InChI=1S/C20H24N4O4/c1-12-16(20(26)22-13(2)21-12)9-19(25)24-7-3-4-15(10-24)23-14-5-6-17-18(8-14)28-11-27-17/h5-6,8,15,23H,3-4,7,9-11H2,1-2H3,(H,21,22,26). The molecule has 2 N–H and O–H groups in total. The number of fused-ring (bicyclic) bond motifs is 1. The van der Waals surface area contributed by atoms with Gasteiger partial charge in [0.05, 0.1) is 6.42 Å². The summed E-state index contributed by atoms with van der Waals surface area (Å²) in [5.41, 5.74) is 1.77. The number of nitrogens with zero attached hydrogens (tertiary/aromatic N) is 2. The highest BCUT2D eigenvalue weighted by molar-refractivity contribution is 5.79. The number of hydrogen-bond acceptors (Lipinski definition) is 6. The van der Waals surface area contributed by atoms with E-state index in [0.717, 1.165) is 30.0 Å². The summed E-state index contributed by atoms with van der Waals surface area (Å²) in [6.45, 7) is 5.05. The van der Waals surface area contributed by atoms with Crippen LogP contribution < -0.4 is 20.3 Å². The SMILES string of the molecule is Cc1nc(C)c(CC(=O)N2CCCC(Nc3ccc4c(c3)OCO4)C2)c(=O)[nH]1. The molecule has 2 aliphatic rings. The van der Waals surface area contributed by atoms with Gasteiger partial charge in [0.2, 0.25) is 12.7 Å². The summed E-state index contributed by atoms with van der Waals surface area (Å²) >= 11 is 0. The molecule has 8 heteroatoms. The highest BCUT2D eigenvalue weighted by Gasteiger charge is 2.25. The number of anilines is 1. The molecule has 1 saturated heterocycles. The lowest BCUT2D eigenvalue weighted by Gasteiger charge is -2.34. The number of amides is 1. The Hall–Kier alpha value is -3.03. The molecule has 0 spiro atoms. The number of benzene rings is 1. The van der Waals surface area contributed by atoms with Gasteiger partial charge >= 0.3 is 0 Å². The van der Waals surface area contributed by atoms with Crippen molar-refractivity contribution in [3.8, 4) is 11.5 Å². The van der Waals surface area contributed by atoms with Crippen LogP contribution in [-0.4, -0.2) is 46.7 Å². The topological polar surface area (TPSA) is 96.6 Å². The minimum atomic E-state index is -0.231. The largest absolute Gasteiger partial charge is 0.454 e. The maximum atomic E-state index is 12.8. The number of aromatic amines is 1. The summed E-state index contributed by atoms with van der Waals surface area (Å²) < 4.78 is 10.8. The third-order valence-corrected chi connectivity index (χ3v) is 5.19. The number of aryl methyl sites for hydroxylation is 2. The van der Waals surface area contributed by atoms with Crippen molar-refractivity contribution in [2.75, 3.05) is 25.2 Å². The van der Waals surface area contributed by atoms with Crippen LogP contribution in [0.4, 0.5) is 5.69 Å². The van der Waals surface area contributed by atoms with E-state index >= 15 is 0 Å². The second-order valence-corrected chi connectivity index (χ2v) is 7.28. The minimum Gasteiger partial charge on any atom is -0.454 e. The number of carbonyl (C=O) groups excluding carboxylic acids is 1. The molecule has 4 rings (SSSR count). The molecule has 3 heterocycles. The van der Waals surface area contributed by atoms with Crippen molar-refractivity contribution in [1.82, 2.24) is 14.9 Å². The summed E-state index contributed by atoms with van der Waals surface area (Å²) in [6.07, 6.45) is 1.96. The van der Waals surface area contributed by atoms with Crippen LogP contribution in [0.5, 0.6) is 11.5 Å². The average molecular weight is 384 g/mol. The fourth-order valence-corrected chi connectivity index (χ4v) is 3.77. The van der Waals surface area contributed by atoms with E-state index in [-0.39, 0.29) is 30.7 Å². The minimum absolute atomic E-state index is 0.0450. The van der Waals surface area contributed by atoms with Crippen LogP contribution >= 0.6 is 0 Å². The molecule has 1 fully saturated rings. The Morgan fingerprint density at radius 3 is 2.96 bits per heavy atom. The van der Waals surface area contributed by atoms with Crippen molar-refractivity contribution in [2.45, 2.75) is 39.2 Å². The van der Waals surface area contributed by atoms with Crippen LogP contribution in [0.1, 0.15) is 29.9 Å². The molecule has 1 atom stereocenters. The molecule has 1 unspecified atom stereocenters. The molecule has 0 bridgehead atoms. The van der Waals surface area contributed by atoms with Crippen LogP contribution in [-0.2, 0) is 11.2 Å². The van der Waals surface area contributed by atoms with E-state index in [2.05, 4.69) is 15.3 Å². The van der Waals surface area contributed by atoms with Gasteiger partial charge in [-0.15, -0.1) is 0 Å². The predicted octanol–water partition coefficient (Wildman–Crippen LogP) is 1.76. The quantitative estimate of drug-likeness (QED) is 0.834. The molecule has 2 aromatic rings. The molecule has 28 heavy (non-hydrogen) atoms. The van der Waals surface area contributed by atoms with E-state index in [1.165, 1.54) is 0 Å². The molecule has 1 amide bonds. The van der Waals surface area contributed by atoms with E-state index < -0.39 is 0 Å². The zero-order valence-corrected chi connectivity index (χ0v) is 16.1. The predicted molar refractivity (Wildman–Crippen MR) is 104 cm³/mol. The van der Waals surface area contributed by atoms with Crippen molar-refractivity contribution in [3.63, 3.8) is 0 Å². The number of carbonyl (C=O) groups is 1. The summed E-state index contributed by atoms with van der Waals surface area (Å²) in [4.78, 5) is 33.7. The maximum Gasteiger partial charge on any atom is 0.254 e. The first-order chi connectivity index (χ1) is 13.5. The van der Waals surface area contributed by atoms with Crippen molar-refractivity contribution < 1.29 is 14.3 Å². The molecule has 148 valence electrons. The van der Waals surface area contributed by atoms with E-state index in [9.17, 15) is 9.59 Å². The molecule has 0 saturated carbocycles. The zero-order chi connectivity index (χ0) is 19.7. The van der Waals surface area contributed by atoms with E-state index in [1.807, 2.05) is 23.1 Å². The Morgan fingerprint density at radius 1 is 1.32 bits per heavy atom. The Labute approximate surface area is 162 Å². The lowest BCUT2D eigenvalue weighted by molar-refractivity contribution is -0.131. The number of piperidine rings is 1. The number of ether oxygens (including phenoxy) is 2. The molecule has 2 aliphatic heterocycles. The van der Waals surface area contributed by atoms with Crippen LogP contribution in [0, 0.1) is 13.8 Å². The van der Waals surface area contributed by atoms with Gasteiger partial charge in [-0.05, 0) is 38.8 Å². The number of aromatic nitrogens is 2. The van der Waals surface area contributed by atoms with Crippen LogP contribution in [0.15, 0.2) is 23.0 Å². The van der Waals surface area contributed by atoms with Gasteiger partial charge in [0.15, 0.2) is 11.5 Å². The van der Waals surface area contributed by atoms with E-state index in [4.69, 9.17) is 9.47 Å². The van der Waals surface area contributed by atoms with Gasteiger partial charge in [-0.1, -0.05) is 0 Å². The second kappa shape index (κ2) is 7.53. The van der Waals surface area contributed by atoms with Crippen molar-refractivity contribution >= 4 is 11.6 Å². The lowest BCUT2D eigenvalue weighted by Crippen LogP contribution is -2.46. The van der Waals surface area contributed by atoms with Gasteiger partial charge in [0.1, 0.15) is 5.82 Å². The monoisotopic (exact) mass is 384 g/mol. The lowest BCUT2D eigenvalue weighted by atomic mass is 10.0. The summed E-state index contributed by atoms with van der Waals surface area (Å²) in [5.74, 6) is 2.00. The van der Waals surface area contributed by atoms with Crippen molar-refractivity contribution in [2.24, 2.45) is 0 Å². The molecule has 8 nitrogen and oxygen atoms in total. The molecule has 1 aromatic carbocycles. The maximum absolute atomic E-state index is 12.8. The molecular formula is C20H24N4O4. The Bertz CT molecular complexity index is 956. The third kappa shape index (κ3) is 3.81. The smallest absolute Gasteiger partial charge is 0.254 e. The van der Waals surface area contributed by atoms with Crippen molar-refractivity contribution in [3.05, 3.63) is 45.6 Å². The van der Waals surface area contributed by atoms with Crippen LogP contribution in [0.25, 0.3) is 0 Å². The van der Waals surface area contributed by atoms with Gasteiger partial charge in [-0.3, -0.25) is 9.59 Å². The van der Waals surface area contributed by atoms with E-state index in [0.29, 0.717) is 30.2 Å². The van der Waals surface area contributed by atoms with Gasteiger partial charge in [-0.2, -0.15) is 0 Å². The molecule has 0 radical (unpaired) electrons. The van der Waals surface area contributed by atoms with Crippen LogP contribution in [0.3, 0.4) is 0 Å². The highest BCUT2D eigenvalue weighted by Crippen LogP contribution is 2.34. The fraction of sp³-hybridized carbons (Fsp3) is 0.450. The number of hydrogen-bond donors (Lipinski definition) is 2. The van der Waals surface area contributed by atoms with E-state index in [1.54, 1.807) is 13.8 Å². The van der Waals surface area contributed by atoms with Gasteiger partial charge in [0, 0.05) is 42.1 Å². The van der Waals surface area contributed by atoms with Gasteiger partial charge < -0.3 is 24.7 Å². The first kappa shape index (κ1) is 18.3. The highest BCUT2D eigenvalue weighted by atomic mass is 16.7. The van der Waals surface area contributed by atoms with Gasteiger partial charge in [0.25, 0.3) is 5.56 Å². The Morgan fingerprint density at radius 2 is 2.14 bits per heavy atom. The summed E-state index contributed by atoms with van der Waals surface area (Å²) in [6, 6.07) is 5.91. The third-order valence-electron chi connectivity index (χ3n) is 5.19. The normalized spacial score (nSPS) is 18.2. The number of H-pyrrole nitrogens is 1. The molecule has 0 aliphatic carbocycles. The number of nitrogens with one attached hydrogen (secondary N) is 2. The summed E-state index contributed by atoms with van der Waals surface area (Å²) in [5, 5.41) is 3.48. The Kier molecular flexibility index (Phi) is 4.93. The average Bonchev–Trinajstić information content (AvgIpc) is 3.12. The fourth-order valence-electron chi connectivity index (χ4n) is 3.77. The summed E-state index contributed by atoms with van der Waals surface area (Å²) in [7, 11) is 0. The first-order valence-corrected chi connectivity index (χ1v) is 9.50. The number of rotatable bonds is 4. The van der Waals surface area contributed by atoms with Crippen LogP contribution in [0.2, 0.25) is 0 Å². The first-order valence-electron chi connectivity index (χ1n) is 9.50. The second-order valence-electron chi connectivity index (χ2n) is 7.28. The van der Waals surface area contributed by atoms with Crippen molar-refractivity contribution in [1.29, 1.82) is 0 Å². The zero-order valence-electron chi connectivity index (χ0n) is 16.1. The molecular weight excluding hydrogens is 360 g/mol. The van der Waals surface area contributed by atoms with Gasteiger partial charge in [-0.25, -0.2) is 4.98 Å². The Balaban J connectivity index is 1.41.